The van der Waals surface area contributed by atoms with Crippen LogP contribution < -0.4 is 4.74 Å². The molecule has 0 unspecified atom stereocenters. The van der Waals surface area contributed by atoms with Crippen molar-refractivity contribution in [2.45, 2.75) is 52.1 Å². The fourth-order valence-corrected chi connectivity index (χ4v) is 1.79. The maximum absolute atomic E-state index is 10.3. The average Bonchev–Trinajstić information content (AvgIpc) is 2.30. The van der Waals surface area contributed by atoms with Crippen LogP contribution in [0.1, 0.15) is 45.1 Å². The van der Waals surface area contributed by atoms with E-state index in [-0.39, 0.29) is 12.5 Å². The molecule has 3 nitrogen and oxygen atoms in total. The van der Waals surface area contributed by atoms with Gasteiger partial charge in [0, 0.05) is 6.42 Å². The Hall–Kier alpha value is -1.51. The van der Waals surface area contributed by atoms with Crippen molar-refractivity contribution in [3.05, 3.63) is 29.8 Å². The third-order valence-electron chi connectivity index (χ3n) is 2.65. The molecule has 0 spiro atoms. The van der Waals surface area contributed by atoms with Gasteiger partial charge in [0.2, 0.25) is 0 Å². The number of aliphatic carboxylic acids is 1. The molecule has 18 heavy (non-hydrogen) atoms. The van der Waals surface area contributed by atoms with Crippen molar-refractivity contribution in [3.8, 4) is 5.75 Å². The largest absolute Gasteiger partial charge is 0.491 e. The lowest BCUT2D eigenvalue weighted by Crippen LogP contribution is -2.05. The van der Waals surface area contributed by atoms with Gasteiger partial charge >= 0.3 is 5.97 Å². The summed E-state index contributed by atoms with van der Waals surface area (Å²) in [5.41, 5.74) is 1.28. The summed E-state index contributed by atoms with van der Waals surface area (Å²) in [7, 11) is 0. The summed E-state index contributed by atoms with van der Waals surface area (Å²) >= 11 is 0. The Bertz CT molecular complexity index is 355. The molecule has 0 fully saturated rings. The van der Waals surface area contributed by atoms with E-state index < -0.39 is 5.97 Å². The molecule has 0 amide bonds. The number of hydrogen-bond donors (Lipinski definition) is 1. The van der Waals surface area contributed by atoms with E-state index in [9.17, 15) is 4.79 Å². The van der Waals surface area contributed by atoms with Crippen LogP contribution in [0.15, 0.2) is 24.3 Å². The van der Waals surface area contributed by atoms with Crippen LogP contribution in [0, 0.1) is 0 Å². The summed E-state index contributed by atoms with van der Waals surface area (Å²) in [6.07, 6.45) is 4.26. The standard InChI is InChI=1S/C15H22O3/c1-12(2)18-14-10-8-13(9-11-14)6-4-3-5-7-15(16)17/h8-12H,3-7H2,1-2H3,(H,16,17). The minimum absolute atomic E-state index is 0.201. The molecule has 1 rings (SSSR count). The topological polar surface area (TPSA) is 46.5 Å². The second-order valence-corrected chi connectivity index (χ2v) is 4.76. The molecule has 3 heteroatoms. The molecular weight excluding hydrogens is 228 g/mol. The van der Waals surface area contributed by atoms with Crippen LogP contribution in [0.5, 0.6) is 5.75 Å². The van der Waals surface area contributed by atoms with E-state index in [2.05, 4.69) is 12.1 Å². The molecule has 1 aromatic rings. The van der Waals surface area contributed by atoms with Crippen molar-refractivity contribution < 1.29 is 14.6 Å². The number of unbranched alkanes of at least 4 members (excludes halogenated alkanes) is 2. The molecule has 0 aliphatic carbocycles. The lowest BCUT2D eigenvalue weighted by Gasteiger charge is -2.10. The second kappa shape index (κ2) is 7.75. The molecule has 0 atom stereocenters. The van der Waals surface area contributed by atoms with Gasteiger partial charge in [0.05, 0.1) is 6.10 Å². The number of benzene rings is 1. The Labute approximate surface area is 109 Å². The van der Waals surface area contributed by atoms with E-state index in [0.29, 0.717) is 0 Å². The fraction of sp³-hybridized carbons (Fsp3) is 0.533. The first-order valence-corrected chi connectivity index (χ1v) is 6.55. The summed E-state index contributed by atoms with van der Waals surface area (Å²) in [4.78, 5) is 10.3. The van der Waals surface area contributed by atoms with Gasteiger partial charge in [-0.2, -0.15) is 0 Å². The lowest BCUT2D eigenvalue weighted by atomic mass is 10.1. The molecule has 1 N–H and O–H groups in total. The SMILES string of the molecule is CC(C)Oc1ccc(CCCCCC(=O)O)cc1. The van der Waals surface area contributed by atoms with Crippen LogP contribution in [0.25, 0.3) is 0 Å². The molecule has 0 aliphatic heterocycles. The van der Waals surface area contributed by atoms with Crippen molar-refractivity contribution >= 4 is 5.97 Å². The molecule has 0 aromatic heterocycles. The van der Waals surface area contributed by atoms with Crippen molar-refractivity contribution in [3.63, 3.8) is 0 Å². The van der Waals surface area contributed by atoms with Gasteiger partial charge in [0.1, 0.15) is 5.75 Å². The molecule has 0 saturated carbocycles. The van der Waals surface area contributed by atoms with Crippen molar-refractivity contribution in [1.82, 2.24) is 0 Å². The Balaban J connectivity index is 2.24. The smallest absolute Gasteiger partial charge is 0.303 e. The van der Waals surface area contributed by atoms with E-state index in [1.807, 2.05) is 26.0 Å². The van der Waals surface area contributed by atoms with E-state index in [1.165, 1.54) is 5.56 Å². The highest BCUT2D eigenvalue weighted by atomic mass is 16.5. The number of carboxylic acid groups (broad SMARTS) is 1. The predicted octanol–water partition coefficient (Wildman–Crippen LogP) is 3.66. The predicted molar refractivity (Wildman–Crippen MR) is 72.0 cm³/mol. The second-order valence-electron chi connectivity index (χ2n) is 4.76. The molecular formula is C15H22O3. The highest BCUT2D eigenvalue weighted by Gasteiger charge is 1.99. The lowest BCUT2D eigenvalue weighted by molar-refractivity contribution is -0.137. The molecule has 0 heterocycles. The van der Waals surface area contributed by atoms with Crippen LogP contribution >= 0.6 is 0 Å². The van der Waals surface area contributed by atoms with Gasteiger partial charge in [0.25, 0.3) is 0 Å². The quantitative estimate of drug-likeness (QED) is 0.716. The molecule has 1 aromatic carbocycles. The maximum Gasteiger partial charge on any atom is 0.303 e. The van der Waals surface area contributed by atoms with Gasteiger partial charge in [-0.25, -0.2) is 0 Å². The van der Waals surface area contributed by atoms with Crippen LogP contribution in [-0.4, -0.2) is 17.2 Å². The zero-order valence-electron chi connectivity index (χ0n) is 11.2. The van der Waals surface area contributed by atoms with E-state index >= 15 is 0 Å². The summed E-state index contributed by atoms with van der Waals surface area (Å²) in [6.45, 7) is 4.02. The molecule has 0 aliphatic rings. The Morgan fingerprint density at radius 3 is 2.39 bits per heavy atom. The van der Waals surface area contributed by atoms with Crippen LogP contribution in [0.3, 0.4) is 0 Å². The first kappa shape index (κ1) is 14.6. The van der Waals surface area contributed by atoms with Gasteiger partial charge in [-0.1, -0.05) is 18.6 Å². The molecule has 100 valence electrons. The number of aryl methyl sites for hydroxylation is 1. The monoisotopic (exact) mass is 250 g/mol. The number of rotatable bonds is 8. The van der Waals surface area contributed by atoms with Crippen LogP contribution in [-0.2, 0) is 11.2 Å². The minimum Gasteiger partial charge on any atom is -0.491 e. The molecule has 0 bridgehead atoms. The number of hydrogen-bond acceptors (Lipinski definition) is 2. The van der Waals surface area contributed by atoms with Gasteiger partial charge in [-0.15, -0.1) is 0 Å². The average molecular weight is 250 g/mol. The summed E-state index contributed by atoms with van der Waals surface area (Å²) in [5, 5.41) is 8.52. The van der Waals surface area contributed by atoms with Crippen molar-refractivity contribution in [2.24, 2.45) is 0 Å². The van der Waals surface area contributed by atoms with Crippen LogP contribution in [0.2, 0.25) is 0 Å². The Morgan fingerprint density at radius 1 is 1.17 bits per heavy atom. The minimum atomic E-state index is -0.704. The zero-order valence-corrected chi connectivity index (χ0v) is 11.2. The normalized spacial score (nSPS) is 10.6. The van der Waals surface area contributed by atoms with Gasteiger partial charge in [0.15, 0.2) is 0 Å². The van der Waals surface area contributed by atoms with Crippen LogP contribution in [0.4, 0.5) is 0 Å². The first-order chi connectivity index (χ1) is 8.58. The van der Waals surface area contributed by atoms with Gasteiger partial charge in [-0.05, 0) is 50.8 Å². The Kier molecular flexibility index (Phi) is 6.26. The van der Waals surface area contributed by atoms with Crippen molar-refractivity contribution in [2.75, 3.05) is 0 Å². The summed E-state index contributed by atoms with van der Waals surface area (Å²) < 4.78 is 5.57. The maximum atomic E-state index is 10.3. The third kappa shape index (κ3) is 6.28. The summed E-state index contributed by atoms with van der Waals surface area (Å²) in [5.74, 6) is 0.199. The highest BCUT2D eigenvalue weighted by Crippen LogP contribution is 2.15. The van der Waals surface area contributed by atoms with E-state index in [0.717, 1.165) is 31.4 Å². The fourth-order valence-electron chi connectivity index (χ4n) is 1.79. The number of carbonyl (C=O) groups is 1. The number of ether oxygens (including phenoxy) is 1. The molecule has 0 saturated heterocycles. The highest BCUT2D eigenvalue weighted by molar-refractivity contribution is 5.66. The summed E-state index contributed by atoms with van der Waals surface area (Å²) in [6, 6.07) is 8.14. The number of carboxylic acids is 1. The molecule has 0 radical (unpaired) electrons. The van der Waals surface area contributed by atoms with Crippen molar-refractivity contribution in [1.29, 1.82) is 0 Å². The Morgan fingerprint density at radius 2 is 1.83 bits per heavy atom. The zero-order chi connectivity index (χ0) is 13.4. The van der Waals surface area contributed by atoms with Gasteiger partial charge in [-0.3, -0.25) is 4.79 Å². The van der Waals surface area contributed by atoms with E-state index in [4.69, 9.17) is 9.84 Å². The third-order valence-corrected chi connectivity index (χ3v) is 2.65. The first-order valence-electron chi connectivity index (χ1n) is 6.55. The van der Waals surface area contributed by atoms with Gasteiger partial charge < -0.3 is 9.84 Å². The van der Waals surface area contributed by atoms with E-state index in [1.54, 1.807) is 0 Å².